The van der Waals surface area contributed by atoms with E-state index in [0.29, 0.717) is 37.9 Å². The van der Waals surface area contributed by atoms with E-state index in [-0.39, 0.29) is 24.3 Å². The van der Waals surface area contributed by atoms with Crippen LogP contribution in [0.3, 0.4) is 0 Å². The van der Waals surface area contributed by atoms with Crippen LogP contribution in [0.4, 0.5) is 5.69 Å². The minimum absolute atomic E-state index is 0.179. The van der Waals surface area contributed by atoms with Crippen molar-refractivity contribution in [1.29, 1.82) is 0 Å². The lowest BCUT2D eigenvalue weighted by Crippen LogP contribution is -2.56. The second kappa shape index (κ2) is 9.54. The molecule has 0 aliphatic carbocycles. The van der Waals surface area contributed by atoms with Gasteiger partial charge in [0.25, 0.3) is 0 Å². The van der Waals surface area contributed by atoms with Gasteiger partial charge in [0.2, 0.25) is 17.7 Å². The van der Waals surface area contributed by atoms with E-state index in [1.165, 1.54) is 4.90 Å². The number of anilines is 1. The summed E-state index contributed by atoms with van der Waals surface area (Å²) in [5.41, 5.74) is 0.767. The molecule has 2 unspecified atom stereocenters. The molecule has 3 aliphatic heterocycles. The summed E-state index contributed by atoms with van der Waals surface area (Å²) in [5.74, 6) is -2.18. The number of aryl methyl sites for hydroxylation is 2. The number of amides is 3. The van der Waals surface area contributed by atoms with Crippen molar-refractivity contribution >= 4 is 23.4 Å². The molecule has 1 aromatic rings. The third kappa shape index (κ3) is 3.85. The number of ether oxygens (including phenoxy) is 1. The lowest BCUT2D eigenvalue weighted by molar-refractivity contribution is -0.149. The van der Waals surface area contributed by atoms with Crippen LogP contribution in [-0.4, -0.2) is 64.2 Å². The maximum atomic E-state index is 14.0. The minimum atomic E-state index is -1.09. The number of carbonyl (C=O) groups is 3. The Labute approximate surface area is 207 Å². The van der Waals surface area contributed by atoms with Crippen LogP contribution < -0.4 is 10.6 Å². The summed E-state index contributed by atoms with van der Waals surface area (Å²) in [5, 5.41) is 16.2. The first-order valence-electron chi connectivity index (χ1n) is 13.0. The zero-order valence-electron chi connectivity index (χ0n) is 21.5. The highest BCUT2D eigenvalue weighted by Gasteiger charge is 2.79. The van der Waals surface area contributed by atoms with Crippen molar-refractivity contribution in [1.82, 2.24) is 10.2 Å². The number of rotatable bonds is 9. The lowest BCUT2D eigenvalue weighted by atomic mass is 9.65. The molecule has 3 heterocycles. The molecule has 3 aliphatic rings. The fourth-order valence-electron chi connectivity index (χ4n) is 6.59. The van der Waals surface area contributed by atoms with Gasteiger partial charge in [-0.15, -0.1) is 0 Å². The SMILES string of the molecule is CCCNC(=O)[C@@H]1[C@H]2C(=O)N([C@@H](CC)CO)C(C(=O)Nc3cc(C)ccc3C)C23CC[C@@]1(CC)O3. The van der Waals surface area contributed by atoms with Crippen LogP contribution in [-0.2, 0) is 19.1 Å². The van der Waals surface area contributed by atoms with Gasteiger partial charge in [-0.05, 0) is 63.1 Å². The second-order valence-electron chi connectivity index (χ2n) is 10.4. The normalized spacial score (nSPS) is 32.0. The number of hydrogen-bond acceptors (Lipinski definition) is 5. The lowest BCUT2D eigenvalue weighted by Gasteiger charge is -2.37. The summed E-state index contributed by atoms with van der Waals surface area (Å²) < 4.78 is 6.73. The van der Waals surface area contributed by atoms with Gasteiger partial charge in [-0.2, -0.15) is 0 Å². The van der Waals surface area contributed by atoms with Crippen molar-refractivity contribution in [2.45, 2.75) is 90.0 Å². The number of likely N-dealkylation sites (tertiary alicyclic amines) is 1. The highest BCUT2D eigenvalue weighted by Crippen LogP contribution is 2.64. The molecule has 192 valence electrons. The topological polar surface area (TPSA) is 108 Å². The Bertz CT molecular complexity index is 1010. The summed E-state index contributed by atoms with van der Waals surface area (Å²) >= 11 is 0. The van der Waals surface area contributed by atoms with E-state index >= 15 is 0 Å². The van der Waals surface area contributed by atoms with Gasteiger partial charge in [-0.1, -0.05) is 32.9 Å². The Balaban J connectivity index is 1.78. The van der Waals surface area contributed by atoms with Crippen molar-refractivity contribution in [3.63, 3.8) is 0 Å². The van der Waals surface area contributed by atoms with E-state index in [9.17, 15) is 19.5 Å². The molecule has 6 atom stereocenters. The number of nitrogens with one attached hydrogen (secondary N) is 2. The molecule has 8 heteroatoms. The number of aliphatic hydroxyl groups is 1. The molecular formula is C27H39N3O5. The van der Waals surface area contributed by atoms with Gasteiger partial charge < -0.3 is 25.4 Å². The van der Waals surface area contributed by atoms with Crippen LogP contribution in [0.1, 0.15) is 64.0 Å². The molecule has 3 saturated heterocycles. The fraction of sp³-hybridized carbons (Fsp3) is 0.667. The Kier molecular flexibility index (Phi) is 6.99. The van der Waals surface area contributed by atoms with Gasteiger partial charge in [0, 0.05) is 12.2 Å². The second-order valence-corrected chi connectivity index (χ2v) is 10.4. The third-order valence-electron chi connectivity index (χ3n) is 8.43. The maximum absolute atomic E-state index is 14.0. The van der Waals surface area contributed by atoms with E-state index < -0.39 is 35.1 Å². The van der Waals surface area contributed by atoms with E-state index in [0.717, 1.165) is 17.5 Å². The largest absolute Gasteiger partial charge is 0.394 e. The van der Waals surface area contributed by atoms with Crippen molar-refractivity contribution in [2.24, 2.45) is 11.8 Å². The highest BCUT2D eigenvalue weighted by molar-refractivity contribution is 6.04. The first kappa shape index (κ1) is 25.6. The summed E-state index contributed by atoms with van der Waals surface area (Å²) in [4.78, 5) is 42.9. The van der Waals surface area contributed by atoms with E-state index in [2.05, 4.69) is 10.6 Å². The zero-order valence-corrected chi connectivity index (χ0v) is 21.5. The molecule has 8 nitrogen and oxygen atoms in total. The number of hydrogen-bond donors (Lipinski definition) is 3. The van der Waals surface area contributed by atoms with Gasteiger partial charge in [0.1, 0.15) is 11.6 Å². The first-order valence-corrected chi connectivity index (χ1v) is 13.0. The monoisotopic (exact) mass is 485 g/mol. The van der Waals surface area contributed by atoms with E-state index in [4.69, 9.17) is 4.74 Å². The van der Waals surface area contributed by atoms with Crippen molar-refractivity contribution in [3.05, 3.63) is 29.3 Å². The van der Waals surface area contributed by atoms with Crippen molar-refractivity contribution in [3.8, 4) is 0 Å². The van der Waals surface area contributed by atoms with Crippen molar-refractivity contribution < 1.29 is 24.2 Å². The van der Waals surface area contributed by atoms with Gasteiger partial charge in [-0.25, -0.2) is 0 Å². The molecule has 0 aromatic heterocycles. The third-order valence-corrected chi connectivity index (χ3v) is 8.43. The Morgan fingerprint density at radius 1 is 1.20 bits per heavy atom. The van der Waals surface area contributed by atoms with Crippen LogP contribution in [0.2, 0.25) is 0 Å². The Hall–Kier alpha value is -2.45. The first-order chi connectivity index (χ1) is 16.7. The molecule has 3 fully saturated rings. The molecule has 1 aromatic carbocycles. The van der Waals surface area contributed by atoms with E-state index in [1.54, 1.807) is 0 Å². The number of fused-ring (bicyclic) bond motifs is 1. The molecule has 35 heavy (non-hydrogen) atoms. The highest BCUT2D eigenvalue weighted by atomic mass is 16.5. The molecule has 0 radical (unpaired) electrons. The Morgan fingerprint density at radius 3 is 2.57 bits per heavy atom. The molecule has 3 N–H and O–H groups in total. The molecule has 4 rings (SSSR count). The molecule has 2 bridgehead atoms. The standard InChI is InChI=1S/C27H39N3O5/c1-6-13-28-23(32)20-21-25(34)30(18(7-2)15-31)22(27(21)12-11-26(20,8-3)35-27)24(33)29-19-14-16(4)9-10-17(19)5/h9-10,14,18,20-22,31H,6-8,11-13,15H2,1-5H3,(H,28,32)(H,29,33)/t18-,20-,21-,22?,26+,27?/m0/s1. The minimum Gasteiger partial charge on any atom is -0.394 e. The number of benzene rings is 1. The summed E-state index contributed by atoms with van der Waals surface area (Å²) in [7, 11) is 0. The average Bonchev–Trinajstić information content (AvgIpc) is 3.45. The van der Waals surface area contributed by atoms with Gasteiger partial charge in [0.05, 0.1) is 30.1 Å². The van der Waals surface area contributed by atoms with Crippen LogP contribution in [0.15, 0.2) is 18.2 Å². The van der Waals surface area contributed by atoms with Crippen LogP contribution in [0.25, 0.3) is 0 Å². The van der Waals surface area contributed by atoms with Crippen LogP contribution >= 0.6 is 0 Å². The predicted octanol–water partition coefficient (Wildman–Crippen LogP) is 2.69. The Morgan fingerprint density at radius 2 is 1.94 bits per heavy atom. The summed E-state index contributed by atoms with van der Waals surface area (Å²) in [6.45, 7) is 10.0. The summed E-state index contributed by atoms with van der Waals surface area (Å²) in [6, 6.07) is 4.39. The molecule has 0 saturated carbocycles. The van der Waals surface area contributed by atoms with Gasteiger partial charge in [-0.3, -0.25) is 14.4 Å². The molecular weight excluding hydrogens is 446 g/mol. The number of nitrogens with zero attached hydrogens (tertiary/aromatic N) is 1. The van der Waals surface area contributed by atoms with Crippen molar-refractivity contribution in [2.75, 3.05) is 18.5 Å². The smallest absolute Gasteiger partial charge is 0.250 e. The zero-order chi connectivity index (χ0) is 25.5. The molecule has 1 spiro atoms. The number of aliphatic hydroxyl groups excluding tert-OH is 1. The predicted molar refractivity (Wildman–Crippen MR) is 133 cm³/mol. The summed E-state index contributed by atoms with van der Waals surface area (Å²) in [6.07, 6.45) is 3.01. The van der Waals surface area contributed by atoms with Crippen LogP contribution in [0.5, 0.6) is 0 Å². The van der Waals surface area contributed by atoms with Gasteiger partial charge >= 0.3 is 0 Å². The van der Waals surface area contributed by atoms with Crippen LogP contribution in [0, 0.1) is 25.7 Å². The molecule has 3 amide bonds. The van der Waals surface area contributed by atoms with E-state index in [1.807, 2.05) is 52.8 Å². The number of carbonyl (C=O) groups excluding carboxylic acids is 3. The average molecular weight is 486 g/mol. The quantitative estimate of drug-likeness (QED) is 0.499. The van der Waals surface area contributed by atoms with Gasteiger partial charge in [0.15, 0.2) is 0 Å². The maximum Gasteiger partial charge on any atom is 0.250 e. The fourth-order valence-corrected chi connectivity index (χ4v) is 6.59.